The molecule has 0 fully saturated rings. The van der Waals surface area contributed by atoms with Crippen molar-refractivity contribution in [3.05, 3.63) is 64.4 Å². The van der Waals surface area contributed by atoms with Crippen LogP contribution in [0.15, 0.2) is 58.3 Å². The molecule has 0 spiro atoms. The van der Waals surface area contributed by atoms with Gasteiger partial charge in [-0.25, -0.2) is 0 Å². The van der Waals surface area contributed by atoms with Crippen LogP contribution in [0.3, 0.4) is 0 Å². The Hall–Kier alpha value is -2.63. The summed E-state index contributed by atoms with van der Waals surface area (Å²) >= 11 is 1.81. The molecule has 5 heteroatoms. The minimum absolute atomic E-state index is 0.0131. The van der Waals surface area contributed by atoms with Gasteiger partial charge in [-0.2, -0.15) is 0 Å². The number of thiophene rings is 1. The second-order valence-electron chi connectivity index (χ2n) is 6.69. The number of rotatable bonds is 3. The zero-order chi connectivity index (χ0) is 17.5. The number of anilines is 1. The molecular formula is C21H18N2O2S. The van der Waals surface area contributed by atoms with Gasteiger partial charge in [0.15, 0.2) is 0 Å². The summed E-state index contributed by atoms with van der Waals surface area (Å²) in [6.07, 6.45) is 1.03. The van der Waals surface area contributed by atoms with E-state index in [0.717, 1.165) is 47.1 Å². The second kappa shape index (κ2) is 6.27. The van der Waals surface area contributed by atoms with Crippen molar-refractivity contribution in [1.29, 1.82) is 0 Å². The fourth-order valence-corrected chi connectivity index (χ4v) is 4.54. The number of nitrogens with zero attached hydrogens (tertiary/aromatic N) is 1. The lowest BCUT2D eigenvalue weighted by atomic mass is 10.1. The van der Waals surface area contributed by atoms with E-state index < -0.39 is 0 Å². The molecular weight excluding hydrogens is 344 g/mol. The first-order valence-electron chi connectivity index (χ1n) is 8.75. The fraction of sp³-hybridized carbons (Fsp3) is 0.190. The number of carbonyl (C=O) groups excluding carboxylic acids is 1. The van der Waals surface area contributed by atoms with Crippen molar-refractivity contribution in [3.63, 3.8) is 0 Å². The molecule has 1 aliphatic rings. The molecule has 0 aliphatic carbocycles. The minimum Gasteiger partial charge on any atom is -0.456 e. The van der Waals surface area contributed by atoms with Crippen LogP contribution in [0.5, 0.6) is 0 Å². The summed E-state index contributed by atoms with van der Waals surface area (Å²) in [6, 6.07) is 16.0. The maximum Gasteiger partial charge on any atom is 0.238 e. The Labute approximate surface area is 155 Å². The Morgan fingerprint density at radius 3 is 2.96 bits per heavy atom. The number of furan rings is 1. The smallest absolute Gasteiger partial charge is 0.238 e. The monoisotopic (exact) mass is 362 g/mol. The molecule has 0 saturated heterocycles. The zero-order valence-electron chi connectivity index (χ0n) is 14.2. The first-order valence-corrected chi connectivity index (χ1v) is 9.63. The summed E-state index contributed by atoms with van der Waals surface area (Å²) in [4.78, 5) is 16.1. The Balaban J connectivity index is 1.31. The molecule has 0 saturated carbocycles. The largest absolute Gasteiger partial charge is 0.456 e. The molecule has 2 aromatic carbocycles. The van der Waals surface area contributed by atoms with Crippen molar-refractivity contribution < 1.29 is 9.21 Å². The highest BCUT2D eigenvalue weighted by molar-refractivity contribution is 7.10. The number of para-hydroxylation sites is 1. The highest BCUT2D eigenvalue weighted by Crippen LogP contribution is 2.30. The van der Waals surface area contributed by atoms with Crippen molar-refractivity contribution in [2.45, 2.75) is 13.0 Å². The lowest BCUT2D eigenvalue weighted by Gasteiger charge is -2.26. The molecule has 0 atom stereocenters. The zero-order valence-corrected chi connectivity index (χ0v) is 15.0. The standard InChI is InChI=1S/C21H18N2O2S/c24-21(13-23-9-7-20-14(12-23)8-10-26-20)22-15-5-6-17-16-3-1-2-4-18(16)25-19(17)11-15/h1-6,8,10-11H,7,9,12-13H2,(H,22,24). The lowest BCUT2D eigenvalue weighted by molar-refractivity contribution is -0.117. The van der Waals surface area contributed by atoms with Crippen LogP contribution < -0.4 is 5.32 Å². The van der Waals surface area contributed by atoms with Gasteiger partial charge in [-0.3, -0.25) is 9.69 Å². The molecule has 0 bridgehead atoms. The molecule has 1 amide bonds. The van der Waals surface area contributed by atoms with Crippen molar-refractivity contribution in [2.24, 2.45) is 0 Å². The predicted molar refractivity (Wildman–Crippen MR) is 106 cm³/mol. The van der Waals surface area contributed by atoms with E-state index >= 15 is 0 Å². The number of hydrogen-bond donors (Lipinski definition) is 1. The number of amides is 1. The number of hydrogen-bond acceptors (Lipinski definition) is 4. The van der Waals surface area contributed by atoms with Crippen LogP contribution >= 0.6 is 11.3 Å². The third kappa shape index (κ3) is 2.79. The van der Waals surface area contributed by atoms with E-state index in [-0.39, 0.29) is 5.91 Å². The average Bonchev–Trinajstić information content (AvgIpc) is 3.24. The Bertz CT molecular complexity index is 1110. The number of benzene rings is 2. The third-order valence-electron chi connectivity index (χ3n) is 4.92. The predicted octanol–water partition coefficient (Wildman–Crippen LogP) is 4.64. The molecule has 5 rings (SSSR count). The molecule has 4 aromatic rings. The van der Waals surface area contributed by atoms with Crippen molar-refractivity contribution in [2.75, 3.05) is 18.4 Å². The number of carbonyl (C=O) groups is 1. The van der Waals surface area contributed by atoms with Gasteiger partial charge in [0.05, 0.1) is 6.54 Å². The maximum atomic E-state index is 12.5. The van der Waals surface area contributed by atoms with Gasteiger partial charge in [0.25, 0.3) is 0 Å². The lowest BCUT2D eigenvalue weighted by Crippen LogP contribution is -2.36. The first-order chi connectivity index (χ1) is 12.8. The van der Waals surface area contributed by atoms with Gasteiger partial charge in [0.2, 0.25) is 5.91 Å². The van der Waals surface area contributed by atoms with Gasteiger partial charge in [-0.1, -0.05) is 18.2 Å². The third-order valence-corrected chi connectivity index (χ3v) is 5.94. The van der Waals surface area contributed by atoms with Gasteiger partial charge >= 0.3 is 0 Å². The van der Waals surface area contributed by atoms with Gasteiger partial charge in [-0.15, -0.1) is 11.3 Å². The first kappa shape index (κ1) is 15.6. The molecule has 1 N–H and O–H groups in total. The molecule has 2 aromatic heterocycles. The van der Waals surface area contributed by atoms with E-state index in [4.69, 9.17) is 4.42 Å². The van der Waals surface area contributed by atoms with Crippen LogP contribution in [0.25, 0.3) is 21.9 Å². The molecule has 0 radical (unpaired) electrons. The van der Waals surface area contributed by atoms with E-state index in [0.29, 0.717) is 6.54 Å². The minimum atomic E-state index is 0.0131. The maximum absolute atomic E-state index is 12.5. The van der Waals surface area contributed by atoms with E-state index in [1.807, 2.05) is 47.7 Å². The second-order valence-corrected chi connectivity index (χ2v) is 7.69. The highest BCUT2D eigenvalue weighted by atomic mass is 32.1. The molecule has 3 heterocycles. The van der Waals surface area contributed by atoms with Crippen molar-refractivity contribution in [1.82, 2.24) is 4.90 Å². The summed E-state index contributed by atoms with van der Waals surface area (Å²) in [6.45, 7) is 2.20. The molecule has 4 nitrogen and oxygen atoms in total. The Morgan fingerprint density at radius 1 is 1.12 bits per heavy atom. The van der Waals surface area contributed by atoms with Gasteiger partial charge in [-0.05, 0) is 41.6 Å². The van der Waals surface area contributed by atoms with Crippen LogP contribution in [0.2, 0.25) is 0 Å². The highest BCUT2D eigenvalue weighted by Gasteiger charge is 2.19. The van der Waals surface area contributed by atoms with Crippen LogP contribution in [0.4, 0.5) is 5.69 Å². The summed E-state index contributed by atoms with van der Waals surface area (Å²) in [5.74, 6) is 0.0131. The quantitative estimate of drug-likeness (QED) is 0.577. The molecule has 26 heavy (non-hydrogen) atoms. The van der Waals surface area contributed by atoms with Crippen molar-refractivity contribution >= 4 is 44.9 Å². The molecule has 0 unspecified atom stereocenters. The Kier molecular flexibility index (Phi) is 3.76. The summed E-state index contributed by atoms with van der Waals surface area (Å²) in [5.41, 5.74) is 3.79. The Morgan fingerprint density at radius 2 is 2.00 bits per heavy atom. The van der Waals surface area contributed by atoms with Crippen LogP contribution in [-0.2, 0) is 17.8 Å². The van der Waals surface area contributed by atoms with Crippen molar-refractivity contribution in [3.8, 4) is 0 Å². The van der Waals surface area contributed by atoms with E-state index in [9.17, 15) is 4.79 Å². The van der Waals surface area contributed by atoms with Gasteiger partial charge in [0.1, 0.15) is 11.2 Å². The summed E-state index contributed by atoms with van der Waals surface area (Å²) in [5, 5.41) is 7.31. The van der Waals surface area contributed by atoms with Gasteiger partial charge in [0, 0.05) is 40.5 Å². The number of fused-ring (bicyclic) bond motifs is 4. The number of nitrogens with one attached hydrogen (secondary N) is 1. The topological polar surface area (TPSA) is 45.5 Å². The average molecular weight is 362 g/mol. The van der Waals surface area contributed by atoms with E-state index in [1.54, 1.807) is 0 Å². The fourth-order valence-electron chi connectivity index (χ4n) is 3.65. The van der Waals surface area contributed by atoms with Crippen LogP contribution in [0.1, 0.15) is 10.4 Å². The van der Waals surface area contributed by atoms with E-state index in [2.05, 4.69) is 27.7 Å². The molecule has 1 aliphatic heterocycles. The summed E-state index contributed by atoms with van der Waals surface area (Å²) < 4.78 is 5.89. The SMILES string of the molecule is O=C(CN1CCc2sccc2C1)Nc1ccc2c(c1)oc1ccccc12. The van der Waals surface area contributed by atoms with Crippen LogP contribution in [-0.4, -0.2) is 23.9 Å². The summed E-state index contributed by atoms with van der Waals surface area (Å²) in [7, 11) is 0. The normalized spacial score (nSPS) is 14.6. The van der Waals surface area contributed by atoms with Crippen LogP contribution in [0, 0.1) is 0 Å². The van der Waals surface area contributed by atoms with E-state index in [1.165, 1.54) is 10.4 Å². The van der Waals surface area contributed by atoms with Gasteiger partial charge < -0.3 is 9.73 Å². The molecule has 130 valence electrons.